The third kappa shape index (κ3) is 1.13. The minimum atomic E-state index is -1.09. The molecular formula is C11H12O3. The number of epoxide rings is 1. The molecule has 3 nitrogen and oxygen atoms in total. The lowest BCUT2D eigenvalue weighted by atomic mass is 9.95. The van der Waals surface area contributed by atoms with Gasteiger partial charge >= 0.3 is 5.97 Å². The molecular weight excluding hydrogens is 180 g/mol. The van der Waals surface area contributed by atoms with Crippen molar-refractivity contribution >= 4 is 5.97 Å². The molecule has 1 aromatic carbocycles. The molecule has 0 aliphatic carbocycles. The van der Waals surface area contributed by atoms with Gasteiger partial charge in [-0.2, -0.15) is 0 Å². The summed E-state index contributed by atoms with van der Waals surface area (Å²) in [6.07, 6.45) is -0.234. The largest absolute Gasteiger partial charge is 0.479 e. The highest BCUT2D eigenvalue weighted by molar-refractivity contribution is 5.83. The summed E-state index contributed by atoms with van der Waals surface area (Å²) < 4.78 is 5.19. The lowest BCUT2D eigenvalue weighted by molar-refractivity contribution is -0.143. The first kappa shape index (κ1) is 9.21. The van der Waals surface area contributed by atoms with Crippen LogP contribution in [-0.2, 0) is 15.1 Å². The molecule has 0 amide bonds. The molecule has 0 aromatic heterocycles. The summed E-state index contributed by atoms with van der Waals surface area (Å²) in [5.41, 5.74) is 0.749. The van der Waals surface area contributed by atoms with Gasteiger partial charge in [0.2, 0.25) is 5.60 Å². The predicted octanol–water partition coefficient (Wildman–Crippen LogP) is 1.69. The number of benzene rings is 1. The van der Waals surface area contributed by atoms with E-state index < -0.39 is 11.6 Å². The summed E-state index contributed by atoms with van der Waals surface area (Å²) in [7, 11) is 0. The minimum absolute atomic E-state index is 0.234. The van der Waals surface area contributed by atoms with E-state index in [2.05, 4.69) is 0 Å². The molecule has 1 saturated heterocycles. The van der Waals surface area contributed by atoms with Gasteiger partial charge in [0.15, 0.2) is 0 Å². The lowest BCUT2D eigenvalue weighted by Gasteiger charge is -2.07. The molecule has 2 rings (SSSR count). The van der Waals surface area contributed by atoms with Crippen LogP contribution < -0.4 is 0 Å². The number of aliphatic carboxylic acids is 1. The second-order valence-corrected chi connectivity index (χ2v) is 3.67. The minimum Gasteiger partial charge on any atom is -0.479 e. The third-order valence-electron chi connectivity index (χ3n) is 2.68. The number of carboxylic acid groups (broad SMARTS) is 1. The molecule has 0 saturated carbocycles. The highest BCUT2D eigenvalue weighted by Crippen LogP contribution is 2.46. The van der Waals surface area contributed by atoms with E-state index in [1.165, 1.54) is 0 Å². The van der Waals surface area contributed by atoms with Crippen LogP contribution in [0.2, 0.25) is 0 Å². The van der Waals surface area contributed by atoms with E-state index in [1.807, 2.05) is 31.2 Å². The fraction of sp³-hybridized carbons (Fsp3) is 0.364. The Hall–Kier alpha value is -1.35. The highest BCUT2D eigenvalue weighted by atomic mass is 16.6. The molecule has 1 aromatic rings. The molecule has 14 heavy (non-hydrogen) atoms. The van der Waals surface area contributed by atoms with Gasteiger partial charge in [0.1, 0.15) is 6.10 Å². The van der Waals surface area contributed by atoms with Gasteiger partial charge in [-0.25, -0.2) is 4.79 Å². The van der Waals surface area contributed by atoms with Gasteiger partial charge in [0.05, 0.1) is 0 Å². The van der Waals surface area contributed by atoms with Crippen LogP contribution in [0.4, 0.5) is 0 Å². The number of aryl methyl sites for hydroxylation is 1. The molecule has 2 atom stereocenters. The van der Waals surface area contributed by atoms with E-state index in [1.54, 1.807) is 6.92 Å². The van der Waals surface area contributed by atoms with Gasteiger partial charge in [-0.05, 0) is 19.4 Å². The molecule has 0 spiro atoms. The second-order valence-electron chi connectivity index (χ2n) is 3.67. The van der Waals surface area contributed by atoms with E-state index >= 15 is 0 Å². The van der Waals surface area contributed by atoms with Crippen LogP contribution in [0.25, 0.3) is 0 Å². The number of carboxylic acids is 1. The lowest BCUT2D eigenvalue weighted by Crippen LogP contribution is -2.23. The van der Waals surface area contributed by atoms with Crippen molar-refractivity contribution in [2.45, 2.75) is 25.6 Å². The topological polar surface area (TPSA) is 49.8 Å². The van der Waals surface area contributed by atoms with Crippen LogP contribution in [0.15, 0.2) is 24.3 Å². The molecule has 0 radical (unpaired) electrons. The van der Waals surface area contributed by atoms with Crippen LogP contribution in [-0.4, -0.2) is 17.2 Å². The van der Waals surface area contributed by atoms with Crippen LogP contribution in [0, 0.1) is 6.92 Å². The highest BCUT2D eigenvalue weighted by Gasteiger charge is 2.61. The first-order chi connectivity index (χ1) is 6.57. The Labute approximate surface area is 82.3 Å². The van der Waals surface area contributed by atoms with Crippen molar-refractivity contribution in [3.8, 4) is 0 Å². The maximum atomic E-state index is 11.1. The van der Waals surface area contributed by atoms with Gasteiger partial charge < -0.3 is 9.84 Å². The van der Waals surface area contributed by atoms with Gasteiger partial charge in [-0.1, -0.05) is 29.8 Å². The first-order valence-electron chi connectivity index (χ1n) is 4.55. The van der Waals surface area contributed by atoms with Crippen LogP contribution in [0.5, 0.6) is 0 Å². The standard InChI is InChI=1S/C11H12O3/c1-7-3-5-9(6-4-7)11(10(12)13)8(2)14-11/h3-6,8H,1-2H3,(H,12,13). The molecule has 74 valence electrons. The maximum absolute atomic E-state index is 11.1. The van der Waals surface area contributed by atoms with E-state index in [-0.39, 0.29) is 6.10 Å². The Morgan fingerprint density at radius 3 is 2.29 bits per heavy atom. The summed E-state index contributed by atoms with van der Waals surface area (Å²) >= 11 is 0. The van der Waals surface area contributed by atoms with Gasteiger partial charge in [0.25, 0.3) is 0 Å². The quantitative estimate of drug-likeness (QED) is 0.725. The fourth-order valence-corrected chi connectivity index (χ4v) is 1.70. The molecule has 2 unspecified atom stereocenters. The van der Waals surface area contributed by atoms with E-state index in [9.17, 15) is 4.79 Å². The van der Waals surface area contributed by atoms with Crippen molar-refractivity contribution in [3.05, 3.63) is 35.4 Å². The molecule has 1 N–H and O–H groups in total. The molecule has 3 heteroatoms. The van der Waals surface area contributed by atoms with Gasteiger partial charge in [0, 0.05) is 0 Å². The Morgan fingerprint density at radius 2 is 1.93 bits per heavy atom. The van der Waals surface area contributed by atoms with Crippen LogP contribution in [0.1, 0.15) is 18.1 Å². The van der Waals surface area contributed by atoms with Crippen molar-refractivity contribution in [3.63, 3.8) is 0 Å². The zero-order chi connectivity index (χ0) is 10.3. The fourth-order valence-electron chi connectivity index (χ4n) is 1.70. The zero-order valence-electron chi connectivity index (χ0n) is 8.15. The zero-order valence-corrected chi connectivity index (χ0v) is 8.15. The summed E-state index contributed by atoms with van der Waals surface area (Å²) in [6, 6.07) is 7.42. The number of hydrogen-bond acceptors (Lipinski definition) is 2. The first-order valence-corrected chi connectivity index (χ1v) is 4.55. The van der Waals surface area contributed by atoms with Crippen molar-refractivity contribution in [1.29, 1.82) is 0 Å². The third-order valence-corrected chi connectivity index (χ3v) is 2.68. The second kappa shape index (κ2) is 2.82. The van der Waals surface area contributed by atoms with Crippen LogP contribution in [0.3, 0.4) is 0 Å². The molecule has 1 aliphatic rings. The average Bonchev–Trinajstić information content (AvgIpc) is 2.80. The van der Waals surface area contributed by atoms with Crippen molar-refractivity contribution < 1.29 is 14.6 Å². The van der Waals surface area contributed by atoms with E-state index in [0.29, 0.717) is 0 Å². The number of rotatable bonds is 2. The van der Waals surface area contributed by atoms with Crippen LogP contribution >= 0.6 is 0 Å². The number of carbonyl (C=O) groups is 1. The Bertz CT molecular complexity index is 369. The number of hydrogen-bond donors (Lipinski definition) is 1. The van der Waals surface area contributed by atoms with Gasteiger partial charge in [-0.15, -0.1) is 0 Å². The monoisotopic (exact) mass is 192 g/mol. The Kier molecular flexibility index (Phi) is 1.86. The smallest absolute Gasteiger partial charge is 0.343 e. The Morgan fingerprint density at radius 1 is 1.43 bits per heavy atom. The van der Waals surface area contributed by atoms with E-state index in [4.69, 9.17) is 9.84 Å². The van der Waals surface area contributed by atoms with Crippen molar-refractivity contribution in [2.75, 3.05) is 0 Å². The van der Waals surface area contributed by atoms with Crippen molar-refractivity contribution in [2.24, 2.45) is 0 Å². The molecule has 0 bridgehead atoms. The summed E-state index contributed by atoms with van der Waals surface area (Å²) in [5.74, 6) is -0.908. The summed E-state index contributed by atoms with van der Waals surface area (Å²) in [5, 5.41) is 9.07. The van der Waals surface area contributed by atoms with E-state index in [0.717, 1.165) is 11.1 Å². The Balaban J connectivity index is 2.39. The SMILES string of the molecule is Cc1ccc(C2(C(=O)O)OC2C)cc1. The summed E-state index contributed by atoms with van der Waals surface area (Å²) in [4.78, 5) is 11.1. The predicted molar refractivity (Wildman–Crippen MR) is 51.0 cm³/mol. The van der Waals surface area contributed by atoms with Gasteiger partial charge in [-0.3, -0.25) is 0 Å². The summed E-state index contributed by atoms with van der Waals surface area (Å²) in [6.45, 7) is 3.74. The molecule has 1 fully saturated rings. The average molecular weight is 192 g/mol. The molecule has 1 heterocycles. The maximum Gasteiger partial charge on any atom is 0.343 e. The van der Waals surface area contributed by atoms with Crippen molar-refractivity contribution in [1.82, 2.24) is 0 Å². The normalized spacial score (nSPS) is 30.0. The molecule has 1 aliphatic heterocycles. The number of ether oxygens (including phenoxy) is 1.